The minimum atomic E-state index is -5.02. The van der Waals surface area contributed by atoms with Crippen LogP contribution in [0.4, 0.5) is 17.6 Å². The van der Waals surface area contributed by atoms with Crippen molar-refractivity contribution in [3.05, 3.63) is 95.6 Å². The Kier molecular flexibility index (Phi) is 4.78. The first-order chi connectivity index (χ1) is 16.1. The summed E-state index contributed by atoms with van der Waals surface area (Å²) in [5, 5.41) is 16.2. The van der Waals surface area contributed by atoms with Gasteiger partial charge in [0.2, 0.25) is 5.60 Å². The number of hydrogen-bond acceptors (Lipinski definition) is 2. The van der Waals surface area contributed by atoms with E-state index in [9.17, 15) is 22.7 Å². The van der Waals surface area contributed by atoms with E-state index >= 15 is 0 Å². The van der Waals surface area contributed by atoms with Crippen LogP contribution in [-0.4, -0.2) is 25.6 Å². The Morgan fingerprint density at radius 1 is 0.971 bits per heavy atom. The van der Waals surface area contributed by atoms with E-state index in [4.69, 9.17) is 6.42 Å². The maximum atomic E-state index is 14.5. The van der Waals surface area contributed by atoms with Crippen molar-refractivity contribution in [3.8, 4) is 18.0 Å². The maximum Gasteiger partial charge on any atom is 0.425 e. The highest BCUT2D eigenvalue weighted by molar-refractivity contribution is 5.88. The van der Waals surface area contributed by atoms with Gasteiger partial charge in [0.25, 0.3) is 0 Å². The van der Waals surface area contributed by atoms with Gasteiger partial charge in [-0.1, -0.05) is 18.1 Å². The fraction of sp³-hybridized carbons (Fsp3) is 0.115. The topological polar surface area (TPSA) is 43.0 Å². The van der Waals surface area contributed by atoms with Crippen LogP contribution < -0.4 is 0 Å². The first-order valence-corrected chi connectivity index (χ1v) is 10.2. The molecule has 1 unspecified atom stereocenters. The highest BCUT2D eigenvalue weighted by Gasteiger charge is 2.57. The first kappa shape index (κ1) is 21.7. The zero-order valence-corrected chi connectivity index (χ0v) is 17.8. The number of aryl methyl sites for hydroxylation is 1. The van der Waals surface area contributed by atoms with E-state index in [0.29, 0.717) is 27.7 Å². The molecule has 2 heterocycles. The minimum Gasteiger partial charge on any atom is -0.372 e. The van der Waals surface area contributed by atoms with Crippen LogP contribution in [0, 0.1) is 18.2 Å². The Hall–Kier alpha value is -4.09. The number of aliphatic hydroxyl groups is 1. The van der Waals surface area contributed by atoms with Crippen molar-refractivity contribution < 1.29 is 22.7 Å². The molecular formula is C26H17F4N3O. The van der Waals surface area contributed by atoms with E-state index in [1.807, 2.05) is 0 Å². The molecule has 0 aliphatic rings. The number of fused-ring (bicyclic) bond motifs is 2. The lowest BCUT2D eigenvalue weighted by molar-refractivity contribution is -0.247. The van der Waals surface area contributed by atoms with Crippen LogP contribution in [0.25, 0.3) is 27.5 Å². The zero-order valence-electron chi connectivity index (χ0n) is 17.8. The highest BCUT2D eigenvalue weighted by Crippen LogP contribution is 2.47. The van der Waals surface area contributed by atoms with Gasteiger partial charge in [-0.25, -0.2) is 9.07 Å². The van der Waals surface area contributed by atoms with Crippen LogP contribution in [0.5, 0.6) is 0 Å². The van der Waals surface area contributed by atoms with Crippen molar-refractivity contribution in [2.75, 3.05) is 0 Å². The molecule has 0 fully saturated rings. The van der Waals surface area contributed by atoms with Gasteiger partial charge in [-0.2, -0.15) is 18.3 Å². The molecule has 0 radical (unpaired) electrons. The number of hydrogen-bond donors (Lipinski definition) is 1. The molecule has 0 aliphatic carbocycles. The third-order valence-corrected chi connectivity index (χ3v) is 6.01. The predicted molar refractivity (Wildman–Crippen MR) is 121 cm³/mol. The fourth-order valence-electron chi connectivity index (χ4n) is 4.28. The van der Waals surface area contributed by atoms with Crippen LogP contribution in [0.2, 0.25) is 0 Å². The summed E-state index contributed by atoms with van der Waals surface area (Å²) in [7, 11) is 1.60. The molecule has 0 amide bonds. The second-order valence-electron chi connectivity index (χ2n) is 8.04. The summed E-state index contributed by atoms with van der Waals surface area (Å²) in [6.45, 7) is 0. The average molecular weight is 463 g/mol. The lowest BCUT2D eigenvalue weighted by Crippen LogP contribution is -2.43. The molecule has 0 saturated carbocycles. The average Bonchev–Trinajstić information content (AvgIpc) is 3.39. The van der Waals surface area contributed by atoms with E-state index < -0.39 is 17.6 Å². The number of halogens is 4. The van der Waals surface area contributed by atoms with Crippen LogP contribution in [0.3, 0.4) is 0 Å². The van der Waals surface area contributed by atoms with Crippen molar-refractivity contribution in [2.24, 2.45) is 7.05 Å². The summed E-state index contributed by atoms with van der Waals surface area (Å²) in [5.74, 6) is 2.05. The van der Waals surface area contributed by atoms with Gasteiger partial charge in [0.05, 0.1) is 17.4 Å². The number of aromatic nitrogens is 3. The minimum absolute atomic E-state index is 0.239. The molecule has 170 valence electrons. The van der Waals surface area contributed by atoms with Gasteiger partial charge in [-0.05, 0) is 54.1 Å². The number of terminal acetylenes is 1. The van der Waals surface area contributed by atoms with Gasteiger partial charge < -0.3 is 9.67 Å². The van der Waals surface area contributed by atoms with Crippen molar-refractivity contribution in [1.82, 2.24) is 14.3 Å². The summed E-state index contributed by atoms with van der Waals surface area (Å²) in [5.41, 5.74) is -1.88. The van der Waals surface area contributed by atoms with Gasteiger partial charge in [0.1, 0.15) is 5.82 Å². The van der Waals surface area contributed by atoms with Crippen molar-refractivity contribution in [2.45, 2.75) is 11.8 Å². The molecule has 5 rings (SSSR count). The monoisotopic (exact) mass is 463 g/mol. The third-order valence-electron chi connectivity index (χ3n) is 6.01. The third kappa shape index (κ3) is 3.17. The summed E-state index contributed by atoms with van der Waals surface area (Å²) in [4.78, 5) is 0. The lowest BCUT2D eigenvalue weighted by atomic mass is 9.85. The maximum absolute atomic E-state index is 14.5. The standard InChI is InChI=1S/C26H17F4N3O/c1-3-16-4-10-21-22(15-32(2)24(21)12-16)25(34,26(28,29)30)18-5-11-23-17(13-18)14-31-33(23)20-8-6-19(27)7-9-20/h1,4-15,34H,2H3. The van der Waals surface area contributed by atoms with Crippen LogP contribution in [-0.2, 0) is 12.6 Å². The Labute approximate surface area is 191 Å². The number of nitrogens with zero attached hydrogens (tertiary/aromatic N) is 3. The molecule has 1 N–H and O–H groups in total. The molecule has 34 heavy (non-hydrogen) atoms. The normalized spacial score (nSPS) is 13.8. The largest absolute Gasteiger partial charge is 0.425 e. The number of benzene rings is 3. The van der Waals surface area contributed by atoms with E-state index in [-0.39, 0.29) is 16.5 Å². The highest BCUT2D eigenvalue weighted by atomic mass is 19.4. The molecule has 2 aromatic heterocycles. The fourth-order valence-corrected chi connectivity index (χ4v) is 4.28. The Balaban J connectivity index is 1.71. The molecule has 0 aliphatic heterocycles. The van der Waals surface area contributed by atoms with Crippen molar-refractivity contribution >= 4 is 21.8 Å². The molecule has 8 heteroatoms. The molecule has 0 saturated heterocycles. The van der Waals surface area contributed by atoms with Crippen molar-refractivity contribution in [1.29, 1.82) is 0 Å². The van der Waals surface area contributed by atoms with E-state index in [1.165, 1.54) is 70.2 Å². The molecular weight excluding hydrogens is 446 g/mol. The summed E-state index contributed by atoms with van der Waals surface area (Å²) in [6, 6.07) is 14.2. The van der Waals surface area contributed by atoms with E-state index in [0.717, 1.165) is 0 Å². The van der Waals surface area contributed by atoms with Crippen LogP contribution in [0.15, 0.2) is 73.1 Å². The summed E-state index contributed by atoms with van der Waals surface area (Å²) < 4.78 is 59.8. The van der Waals surface area contributed by atoms with E-state index in [1.54, 1.807) is 19.2 Å². The SMILES string of the molecule is C#Cc1ccc2c(C(O)(c3ccc4c(cnn4-c4ccc(F)cc4)c3)C(F)(F)F)cn(C)c2c1. The van der Waals surface area contributed by atoms with Gasteiger partial charge in [0, 0.05) is 40.7 Å². The van der Waals surface area contributed by atoms with Gasteiger partial charge in [0.15, 0.2) is 0 Å². The number of alkyl halides is 3. The summed E-state index contributed by atoms with van der Waals surface area (Å²) in [6.07, 6.45) is 3.08. The Morgan fingerprint density at radius 2 is 1.71 bits per heavy atom. The second kappa shape index (κ2) is 7.47. The molecule has 5 aromatic rings. The molecule has 3 aromatic carbocycles. The lowest BCUT2D eigenvalue weighted by Gasteiger charge is -2.31. The van der Waals surface area contributed by atoms with Gasteiger partial charge in [-0.3, -0.25) is 0 Å². The smallest absolute Gasteiger partial charge is 0.372 e. The predicted octanol–water partition coefficient (Wildman–Crippen LogP) is 5.44. The molecule has 1 atom stereocenters. The Morgan fingerprint density at radius 3 is 2.38 bits per heavy atom. The summed E-state index contributed by atoms with van der Waals surface area (Å²) >= 11 is 0. The quantitative estimate of drug-likeness (QED) is 0.286. The Bertz CT molecular complexity index is 1590. The number of rotatable bonds is 3. The van der Waals surface area contributed by atoms with Gasteiger partial charge in [-0.15, -0.1) is 6.42 Å². The zero-order chi connectivity index (χ0) is 24.3. The molecule has 0 spiro atoms. The van der Waals surface area contributed by atoms with E-state index in [2.05, 4.69) is 11.0 Å². The molecule has 0 bridgehead atoms. The van der Waals surface area contributed by atoms with Gasteiger partial charge >= 0.3 is 6.18 Å². The van der Waals surface area contributed by atoms with Crippen LogP contribution >= 0.6 is 0 Å². The van der Waals surface area contributed by atoms with Crippen molar-refractivity contribution in [3.63, 3.8) is 0 Å². The van der Waals surface area contributed by atoms with Crippen LogP contribution in [0.1, 0.15) is 16.7 Å². The first-order valence-electron chi connectivity index (χ1n) is 10.2. The second-order valence-corrected chi connectivity index (χ2v) is 8.04. The molecule has 4 nitrogen and oxygen atoms in total.